The van der Waals surface area contributed by atoms with Crippen LogP contribution in [0.4, 0.5) is 5.13 Å². The van der Waals surface area contributed by atoms with Gasteiger partial charge < -0.3 is 15.5 Å². The summed E-state index contributed by atoms with van der Waals surface area (Å²) in [6.07, 6.45) is 0. The van der Waals surface area contributed by atoms with Gasteiger partial charge >= 0.3 is 0 Å². The van der Waals surface area contributed by atoms with Gasteiger partial charge in [0.25, 0.3) is 0 Å². The lowest BCUT2D eigenvalue weighted by molar-refractivity contribution is 0.508. The molecule has 0 aliphatic carbocycles. The van der Waals surface area contributed by atoms with Gasteiger partial charge in [-0.1, -0.05) is 44.2 Å². The molecule has 5 nitrogen and oxygen atoms in total. The van der Waals surface area contributed by atoms with E-state index in [4.69, 9.17) is 0 Å². The first-order valence-electron chi connectivity index (χ1n) is 8.62. The van der Waals surface area contributed by atoms with Gasteiger partial charge in [0.05, 0.1) is 12.2 Å². The van der Waals surface area contributed by atoms with Gasteiger partial charge in [-0.25, -0.2) is 9.98 Å². The molecule has 6 heteroatoms. The number of nitrogens with zero attached hydrogens (tertiary/aromatic N) is 3. The first-order valence-corrected chi connectivity index (χ1v) is 9.50. The summed E-state index contributed by atoms with van der Waals surface area (Å²) in [5.41, 5.74) is 2.33. The van der Waals surface area contributed by atoms with Crippen molar-refractivity contribution < 1.29 is 0 Å². The summed E-state index contributed by atoms with van der Waals surface area (Å²) in [4.78, 5) is 11.3. The topological polar surface area (TPSA) is 52.6 Å². The lowest BCUT2D eigenvalue weighted by atomic mass is 9.85. The molecule has 0 fully saturated rings. The minimum absolute atomic E-state index is 0.0240. The number of aromatic nitrogens is 1. The van der Waals surface area contributed by atoms with Crippen molar-refractivity contribution in [3.05, 3.63) is 47.0 Å². The van der Waals surface area contributed by atoms with Crippen LogP contribution in [0.25, 0.3) is 0 Å². The molecule has 0 saturated heterocycles. The van der Waals surface area contributed by atoms with Crippen molar-refractivity contribution in [1.29, 1.82) is 0 Å². The Labute approximate surface area is 155 Å². The molecule has 0 saturated carbocycles. The minimum Gasteiger partial charge on any atom is -0.357 e. The Morgan fingerprint density at radius 1 is 1.20 bits per heavy atom. The van der Waals surface area contributed by atoms with E-state index in [1.807, 2.05) is 25.1 Å². The Hall–Kier alpha value is -2.08. The molecule has 25 heavy (non-hydrogen) atoms. The van der Waals surface area contributed by atoms with E-state index in [-0.39, 0.29) is 5.41 Å². The summed E-state index contributed by atoms with van der Waals surface area (Å²) in [5.74, 6) is 0.825. The normalized spacial score (nSPS) is 12.1. The molecule has 136 valence electrons. The van der Waals surface area contributed by atoms with Crippen LogP contribution >= 0.6 is 11.3 Å². The van der Waals surface area contributed by atoms with E-state index in [9.17, 15) is 0 Å². The third kappa shape index (κ3) is 5.74. The Kier molecular flexibility index (Phi) is 6.82. The summed E-state index contributed by atoms with van der Waals surface area (Å²) in [7, 11) is 4.01. The minimum atomic E-state index is 0.0240. The van der Waals surface area contributed by atoms with Crippen molar-refractivity contribution in [2.24, 2.45) is 4.99 Å². The zero-order valence-corrected chi connectivity index (χ0v) is 16.7. The van der Waals surface area contributed by atoms with Gasteiger partial charge in [-0.2, -0.15) is 0 Å². The van der Waals surface area contributed by atoms with E-state index in [0.717, 1.165) is 29.9 Å². The molecule has 0 amide bonds. The van der Waals surface area contributed by atoms with Crippen LogP contribution in [0.15, 0.2) is 40.7 Å². The molecule has 1 aromatic heterocycles. The van der Waals surface area contributed by atoms with Crippen LogP contribution in [0, 0.1) is 0 Å². The number of thiazole rings is 1. The van der Waals surface area contributed by atoms with Crippen LogP contribution in [-0.2, 0) is 12.0 Å². The van der Waals surface area contributed by atoms with Crippen molar-refractivity contribution in [1.82, 2.24) is 15.6 Å². The highest BCUT2D eigenvalue weighted by molar-refractivity contribution is 7.13. The average molecular weight is 360 g/mol. The fourth-order valence-corrected chi connectivity index (χ4v) is 3.12. The van der Waals surface area contributed by atoms with Gasteiger partial charge in [0.1, 0.15) is 0 Å². The zero-order valence-electron chi connectivity index (χ0n) is 15.8. The van der Waals surface area contributed by atoms with Crippen LogP contribution in [0.5, 0.6) is 0 Å². The van der Waals surface area contributed by atoms with Crippen LogP contribution in [-0.4, -0.2) is 38.1 Å². The second-order valence-corrected chi connectivity index (χ2v) is 7.65. The van der Waals surface area contributed by atoms with Gasteiger partial charge in [0, 0.05) is 38.0 Å². The van der Waals surface area contributed by atoms with Crippen molar-refractivity contribution in [3.8, 4) is 0 Å². The van der Waals surface area contributed by atoms with Crippen molar-refractivity contribution >= 4 is 22.4 Å². The van der Waals surface area contributed by atoms with Crippen LogP contribution < -0.4 is 15.5 Å². The maximum absolute atomic E-state index is 4.67. The molecular weight excluding hydrogens is 330 g/mol. The molecule has 0 bridgehead atoms. The third-order valence-electron chi connectivity index (χ3n) is 3.92. The predicted molar refractivity (Wildman–Crippen MR) is 109 cm³/mol. The van der Waals surface area contributed by atoms with Crippen molar-refractivity contribution in [2.45, 2.75) is 32.7 Å². The maximum Gasteiger partial charge on any atom is 0.191 e. The number of benzene rings is 1. The average Bonchev–Trinajstić information content (AvgIpc) is 3.07. The van der Waals surface area contributed by atoms with Gasteiger partial charge in [0.2, 0.25) is 0 Å². The zero-order chi connectivity index (χ0) is 18.3. The second-order valence-electron chi connectivity index (χ2n) is 6.81. The molecule has 0 atom stereocenters. The fourth-order valence-electron chi connectivity index (χ4n) is 2.37. The molecule has 2 aromatic rings. The lowest BCUT2D eigenvalue weighted by Gasteiger charge is -2.26. The highest BCUT2D eigenvalue weighted by Crippen LogP contribution is 2.21. The van der Waals surface area contributed by atoms with Gasteiger partial charge in [0.15, 0.2) is 11.1 Å². The largest absolute Gasteiger partial charge is 0.357 e. The maximum atomic E-state index is 4.67. The molecular formula is C19H29N5S. The summed E-state index contributed by atoms with van der Waals surface area (Å²) >= 11 is 1.64. The molecule has 1 heterocycles. The number of nitrogens with one attached hydrogen (secondary N) is 2. The van der Waals surface area contributed by atoms with E-state index in [2.05, 4.69) is 71.0 Å². The smallest absolute Gasteiger partial charge is 0.191 e. The number of hydrogen-bond donors (Lipinski definition) is 2. The van der Waals surface area contributed by atoms with E-state index in [0.29, 0.717) is 6.54 Å². The molecule has 2 N–H and O–H groups in total. The van der Waals surface area contributed by atoms with Gasteiger partial charge in [-0.3, -0.25) is 0 Å². The summed E-state index contributed by atoms with van der Waals surface area (Å²) < 4.78 is 0. The summed E-state index contributed by atoms with van der Waals surface area (Å²) in [5, 5.41) is 9.85. The number of anilines is 1. The Morgan fingerprint density at radius 2 is 1.92 bits per heavy atom. The molecule has 0 aliphatic heterocycles. The van der Waals surface area contributed by atoms with Crippen LogP contribution in [0.2, 0.25) is 0 Å². The van der Waals surface area contributed by atoms with Crippen molar-refractivity contribution in [3.63, 3.8) is 0 Å². The molecule has 0 radical (unpaired) electrons. The van der Waals surface area contributed by atoms with Crippen LogP contribution in [0.1, 0.15) is 32.0 Å². The van der Waals surface area contributed by atoms with E-state index in [1.165, 1.54) is 5.56 Å². The van der Waals surface area contributed by atoms with E-state index < -0.39 is 0 Å². The lowest BCUT2D eigenvalue weighted by Crippen LogP contribution is -2.43. The predicted octanol–water partition coefficient (Wildman–Crippen LogP) is 3.24. The van der Waals surface area contributed by atoms with Crippen molar-refractivity contribution in [2.75, 3.05) is 32.1 Å². The Bertz CT molecular complexity index is 676. The highest BCUT2D eigenvalue weighted by atomic mass is 32.1. The van der Waals surface area contributed by atoms with Gasteiger partial charge in [-0.05, 0) is 12.5 Å². The molecule has 0 aliphatic rings. The summed E-state index contributed by atoms with van der Waals surface area (Å²) in [6, 6.07) is 10.6. The second kappa shape index (κ2) is 8.85. The highest BCUT2D eigenvalue weighted by Gasteiger charge is 2.20. The summed E-state index contributed by atoms with van der Waals surface area (Å²) in [6.45, 7) is 8.77. The molecule has 2 rings (SSSR count). The SMILES string of the molecule is CCNC(=NCc1csc(N(C)C)n1)NCC(C)(C)c1ccccc1. The molecule has 1 aromatic carbocycles. The quantitative estimate of drug-likeness (QED) is 0.589. The Morgan fingerprint density at radius 3 is 2.52 bits per heavy atom. The standard InChI is InChI=1S/C19H29N5S/c1-6-20-17(21-12-16-13-25-18(23-16)24(4)5)22-14-19(2,3)15-10-8-7-9-11-15/h7-11,13H,6,12,14H2,1-5H3,(H2,20,21,22). The number of rotatable bonds is 7. The molecule has 0 unspecified atom stereocenters. The monoisotopic (exact) mass is 359 g/mol. The van der Waals surface area contributed by atoms with E-state index in [1.54, 1.807) is 11.3 Å². The first-order chi connectivity index (χ1) is 11.9. The third-order valence-corrected chi connectivity index (χ3v) is 4.98. The number of guanidine groups is 1. The van der Waals surface area contributed by atoms with Gasteiger partial charge in [-0.15, -0.1) is 11.3 Å². The van der Waals surface area contributed by atoms with Crippen LogP contribution in [0.3, 0.4) is 0 Å². The molecule has 0 spiro atoms. The van der Waals surface area contributed by atoms with E-state index >= 15 is 0 Å². The number of hydrogen-bond acceptors (Lipinski definition) is 4. The Balaban J connectivity index is 1.99. The fraction of sp³-hybridized carbons (Fsp3) is 0.474. The number of aliphatic imine (C=N–C) groups is 1. The first kappa shape index (κ1) is 19.2.